The number of nitrogen functional groups attached to an aromatic ring is 4. The lowest BCUT2D eigenvalue weighted by atomic mass is 10.00. The Morgan fingerprint density at radius 2 is 0.836 bits per heavy atom. The maximum Gasteiger partial charge on any atom is 0.358 e. The topological polar surface area (TPSA) is 415 Å². The Morgan fingerprint density at radius 1 is 0.467 bits per heavy atom. The SMILES string of the molecule is C[C@@H](NC(=O)c1nc(-c2cc(Cl)c3[nH]ncc3c2)c(-c2ccc(F)cc2)nc1N)c1ccccn1.C[C@H](N)c1ccccn1.N#Cc1nc(-c2cc(Cl)c3c(c2)C=NC3)c(-c2ccc(F)cc2)nc1N.Nc1nc(-c2ccc(F)cc2)c(-c2cc(Cl)c3c(c2)C=NC3)nc1Br.Nc1nc(-c2ccc(F)cc2)c(-c2cc(Cl)c3c(c2)C=NC3)nc1C(=O)O. The Morgan fingerprint density at radius 3 is 1.24 bits per heavy atom. The van der Waals surface area contributed by atoms with Crippen LogP contribution in [-0.4, -0.2) is 95.7 Å². The van der Waals surface area contributed by atoms with Gasteiger partial charge < -0.3 is 39.1 Å². The number of nitrogens with zero attached hydrogens (tertiary/aromatic N) is 15. The van der Waals surface area contributed by atoms with E-state index < -0.39 is 23.5 Å². The Balaban J connectivity index is 0.000000129. The number of nitriles is 1. The molecule has 0 radical (unpaired) electrons. The second-order valence-corrected chi connectivity index (χ2v) is 29.7. The van der Waals surface area contributed by atoms with Crippen LogP contribution in [0, 0.1) is 34.6 Å². The summed E-state index contributed by atoms with van der Waals surface area (Å²) in [6.45, 7) is 5.34. The number of fused-ring (bicyclic) bond motifs is 4. The molecule has 0 saturated heterocycles. The molecule has 8 aromatic carbocycles. The highest BCUT2D eigenvalue weighted by Gasteiger charge is 2.27. The number of aromatic amines is 1. The number of anilines is 4. The number of amides is 1. The molecule has 34 heteroatoms. The summed E-state index contributed by atoms with van der Waals surface area (Å²) in [5.41, 5.74) is 45.3. The summed E-state index contributed by atoms with van der Waals surface area (Å²) in [6, 6.07) is 50.6. The molecule has 7 aromatic heterocycles. The van der Waals surface area contributed by atoms with E-state index in [2.05, 4.69) is 96.3 Å². The van der Waals surface area contributed by atoms with Gasteiger partial charge >= 0.3 is 5.97 Å². The van der Waals surface area contributed by atoms with Gasteiger partial charge in [-0.05, 0) is 216 Å². The Labute approximate surface area is 720 Å². The number of carbonyl (C=O) groups is 2. The number of aromatic nitrogens is 12. The molecule has 1 amide bonds. The summed E-state index contributed by atoms with van der Waals surface area (Å²) in [6.07, 6.45) is 10.3. The molecule has 13 N–H and O–H groups in total. The third-order valence-electron chi connectivity index (χ3n) is 19.0. The zero-order valence-corrected chi connectivity index (χ0v) is 68.4. The summed E-state index contributed by atoms with van der Waals surface area (Å²) in [5, 5.41) is 31.2. The van der Waals surface area contributed by atoms with Crippen LogP contribution in [0.1, 0.15) is 97.4 Å². The van der Waals surface area contributed by atoms with E-state index in [9.17, 15) is 37.5 Å². The van der Waals surface area contributed by atoms with Gasteiger partial charge in [0.05, 0.1) is 99.4 Å². The molecular formula is C88H63BrCl4F4N22O3. The Hall–Kier alpha value is -14.2. The molecule has 15 aromatic rings. The van der Waals surface area contributed by atoms with E-state index in [0.29, 0.717) is 140 Å². The number of carboxylic acids is 1. The van der Waals surface area contributed by atoms with Gasteiger partial charge in [-0.1, -0.05) is 58.5 Å². The zero-order valence-electron chi connectivity index (χ0n) is 63.8. The highest BCUT2D eigenvalue weighted by Crippen LogP contribution is 2.42. The van der Waals surface area contributed by atoms with Gasteiger partial charge in [0.15, 0.2) is 40.4 Å². The summed E-state index contributed by atoms with van der Waals surface area (Å²) in [7, 11) is 0. The first-order valence-corrected chi connectivity index (χ1v) is 39.1. The first-order valence-electron chi connectivity index (χ1n) is 36.8. The average Bonchev–Trinajstić information content (AvgIpc) is 1.26. The van der Waals surface area contributed by atoms with Crippen molar-refractivity contribution in [3.63, 3.8) is 0 Å². The maximum atomic E-state index is 13.6. The molecule has 10 heterocycles. The van der Waals surface area contributed by atoms with Crippen molar-refractivity contribution in [3.8, 4) is 96.1 Å². The smallest absolute Gasteiger partial charge is 0.358 e. The lowest BCUT2D eigenvalue weighted by Crippen LogP contribution is -2.29. The lowest BCUT2D eigenvalue weighted by Gasteiger charge is -2.16. The minimum atomic E-state index is -1.29. The van der Waals surface area contributed by atoms with Crippen LogP contribution in [0.5, 0.6) is 0 Å². The highest BCUT2D eigenvalue weighted by molar-refractivity contribution is 9.10. The van der Waals surface area contributed by atoms with E-state index in [1.54, 1.807) is 97.9 Å². The van der Waals surface area contributed by atoms with Crippen LogP contribution in [0.15, 0.2) is 220 Å². The van der Waals surface area contributed by atoms with Crippen molar-refractivity contribution in [1.29, 1.82) is 5.26 Å². The van der Waals surface area contributed by atoms with Crippen LogP contribution in [0.2, 0.25) is 20.1 Å². The van der Waals surface area contributed by atoms with E-state index >= 15 is 0 Å². The number of nitrogens with one attached hydrogen (secondary N) is 2. The number of carbonyl (C=O) groups excluding carboxylic acids is 1. The monoisotopic (exact) mass is 1770 g/mol. The fraction of sp³-hybridized carbons (Fsp3) is 0.0795. The van der Waals surface area contributed by atoms with Gasteiger partial charge in [0.1, 0.15) is 33.9 Å². The Bertz CT molecular complexity index is 6700. The van der Waals surface area contributed by atoms with Gasteiger partial charge in [0, 0.05) is 119 Å². The van der Waals surface area contributed by atoms with Crippen molar-refractivity contribution < 1.29 is 32.3 Å². The number of benzene rings is 8. The largest absolute Gasteiger partial charge is 0.476 e. The van der Waals surface area contributed by atoms with E-state index in [0.717, 1.165) is 50.0 Å². The summed E-state index contributed by atoms with van der Waals surface area (Å²) < 4.78 is 53.9. The molecule has 606 valence electrons. The predicted octanol–water partition coefficient (Wildman–Crippen LogP) is 18.7. The van der Waals surface area contributed by atoms with E-state index in [1.165, 1.54) is 60.7 Å². The Kier molecular flexibility index (Phi) is 25.5. The number of hydrogen-bond acceptors (Lipinski definition) is 22. The van der Waals surface area contributed by atoms with E-state index in [-0.39, 0.29) is 64.1 Å². The van der Waals surface area contributed by atoms with Gasteiger partial charge in [-0.2, -0.15) is 10.4 Å². The number of aliphatic imine (C=N–C) groups is 3. The van der Waals surface area contributed by atoms with Gasteiger partial charge in [-0.15, -0.1) is 0 Å². The molecule has 25 nitrogen and oxygen atoms in total. The van der Waals surface area contributed by atoms with Crippen molar-refractivity contribution in [3.05, 3.63) is 310 Å². The normalized spacial score (nSPS) is 12.2. The number of aromatic carboxylic acids is 1. The molecule has 3 aliphatic rings. The van der Waals surface area contributed by atoms with Gasteiger partial charge in [0.2, 0.25) is 0 Å². The molecule has 2 atom stereocenters. The zero-order chi connectivity index (χ0) is 86.2. The summed E-state index contributed by atoms with van der Waals surface area (Å²) >= 11 is 28.9. The fourth-order valence-corrected chi connectivity index (χ4v) is 14.3. The average molecular weight is 1770 g/mol. The lowest BCUT2D eigenvalue weighted by molar-refractivity contribution is 0.0691. The molecule has 122 heavy (non-hydrogen) atoms. The number of carboxylic acid groups (broad SMARTS) is 1. The molecule has 3 aliphatic heterocycles. The van der Waals surface area contributed by atoms with Crippen molar-refractivity contribution in [2.75, 3.05) is 22.9 Å². The summed E-state index contributed by atoms with van der Waals surface area (Å²) in [5.74, 6) is -3.27. The van der Waals surface area contributed by atoms with Crippen LogP contribution in [0.25, 0.3) is 101 Å². The predicted molar refractivity (Wildman–Crippen MR) is 469 cm³/mol. The first-order chi connectivity index (χ1) is 58.7. The van der Waals surface area contributed by atoms with Crippen LogP contribution in [0.4, 0.5) is 40.8 Å². The minimum Gasteiger partial charge on any atom is -0.476 e. The second-order valence-electron chi connectivity index (χ2n) is 27.3. The number of nitrogens with two attached hydrogens (primary N) is 5. The van der Waals surface area contributed by atoms with Crippen molar-refractivity contribution in [2.45, 2.75) is 45.6 Å². The van der Waals surface area contributed by atoms with Crippen molar-refractivity contribution in [1.82, 2.24) is 65.4 Å². The highest BCUT2D eigenvalue weighted by atomic mass is 79.9. The quantitative estimate of drug-likeness (QED) is 0.0497. The standard InChI is InChI=1S/C25H19ClFN7O.C19H11ClFN5.C19H12ClFN4O2.C18H11BrClFN4.C7H10N2/c1-13(19-4-2-3-9-29-19)31-25(35)23-24(28)33-21(14-5-7-17(27)8-6-14)22(32-23)15-10-16-12-30-34-20(16)18(26)11-15;20-15-6-11(5-12-8-24-9-14(12)15)18-17(10-1-3-13(21)4-2-10)26-19(23)16(7-22)25-18;20-14-6-10(5-11-7-23-8-13(11)14)16-15(9-1-3-12(21)4-2-9)25-18(22)17(24-16)19(26)27;19-17-18(22)25-15(9-1-3-12(21)4-2-9)16(24-17)10-5-11-7-23-8-13(11)14(20)6-10;1-6(8)7-4-2-3-5-9-7/h2-13H,1H3,(H2,28,33)(H,30,34)(H,31,35);1-6,8H,9H2,(H2,23,26);1-7H,8H2,(H2,22,25)(H,26,27);1-7H,8H2,(H2,22,25);2-6H,8H2,1H3/t13-;;;;6-/m1...0/s1. The molecule has 0 saturated carbocycles. The minimum absolute atomic E-state index is 0.0180. The molecule has 0 aliphatic carbocycles. The first kappa shape index (κ1) is 84.3. The number of H-pyrrole nitrogens is 1. The molecule has 18 rings (SSSR count). The number of pyridine rings is 2. The van der Waals surface area contributed by atoms with E-state index in [4.69, 9.17) is 75.1 Å². The number of hydrogen-bond donors (Lipinski definition) is 8. The summed E-state index contributed by atoms with van der Waals surface area (Å²) in [4.78, 5) is 80.9. The van der Waals surface area contributed by atoms with Crippen LogP contribution in [0.3, 0.4) is 0 Å². The van der Waals surface area contributed by atoms with Crippen molar-refractivity contribution >= 4 is 127 Å². The van der Waals surface area contributed by atoms with Gasteiger partial charge in [0.25, 0.3) is 5.91 Å². The molecule has 0 fully saturated rings. The van der Waals surface area contributed by atoms with Crippen LogP contribution in [-0.2, 0) is 19.6 Å². The van der Waals surface area contributed by atoms with Crippen LogP contribution < -0.4 is 34.0 Å². The number of halogens is 9. The second kappa shape index (κ2) is 37.0. The van der Waals surface area contributed by atoms with E-state index in [1.807, 2.05) is 80.6 Å². The fourth-order valence-electron chi connectivity index (χ4n) is 12.9. The number of rotatable bonds is 13. The third-order valence-corrected chi connectivity index (χ3v) is 20.9. The maximum absolute atomic E-state index is 13.6. The molecule has 0 unspecified atom stereocenters. The molecule has 0 bridgehead atoms. The van der Waals surface area contributed by atoms with Crippen LogP contribution >= 0.6 is 62.3 Å². The van der Waals surface area contributed by atoms with Gasteiger partial charge in [-0.25, -0.2) is 62.2 Å². The molecular weight excluding hydrogens is 1710 g/mol. The third kappa shape index (κ3) is 18.9. The van der Waals surface area contributed by atoms with Crippen molar-refractivity contribution in [2.24, 2.45) is 20.7 Å². The molecule has 0 spiro atoms. The van der Waals surface area contributed by atoms with Gasteiger partial charge in [-0.3, -0.25) is 34.8 Å².